The quantitative estimate of drug-likeness (QED) is 0.831. The zero-order chi connectivity index (χ0) is 9.84. The molecule has 0 saturated carbocycles. The highest BCUT2D eigenvalue weighted by atomic mass is 79.9. The van der Waals surface area contributed by atoms with E-state index in [1.54, 1.807) is 12.1 Å². The van der Waals surface area contributed by atoms with Crippen molar-refractivity contribution < 1.29 is 14.3 Å². The van der Waals surface area contributed by atoms with E-state index < -0.39 is 10.8 Å². The van der Waals surface area contributed by atoms with E-state index in [0.717, 1.165) is 5.56 Å². The number of carboxylic acid groups (broad SMARTS) is 1. The van der Waals surface area contributed by atoms with Gasteiger partial charge in [0.25, 0.3) is 0 Å². The number of benzene rings is 1. The van der Waals surface area contributed by atoms with Gasteiger partial charge >= 0.3 is 5.97 Å². The molecule has 0 aliphatic rings. The second kappa shape index (κ2) is 4.37. The van der Waals surface area contributed by atoms with Gasteiger partial charge in [-0.25, -0.2) is 4.39 Å². The van der Waals surface area contributed by atoms with Gasteiger partial charge in [0.15, 0.2) is 0 Å². The van der Waals surface area contributed by atoms with Gasteiger partial charge in [-0.15, -0.1) is 0 Å². The Labute approximate surface area is 83.5 Å². The third-order valence-electron chi connectivity index (χ3n) is 1.60. The highest BCUT2D eigenvalue weighted by Gasteiger charge is 2.13. The lowest BCUT2D eigenvalue weighted by molar-refractivity contribution is -0.136. The van der Waals surface area contributed by atoms with Crippen molar-refractivity contribution in [1.29, 1.82) is 0 Å². The van der Waals surface area contributed by atoms with Gasteiger partial charge in [-0.2, -0.15) is 0 Å². The van der Waals surface area contributed by atoms with Gasteiger partial charge < -0.3 is 5.11 Å². The SMILES string of the molecule is O=C(O)[C@H](Br)Cc1ccc(F)cc1. The molecular formula is C9H8BrFO2. The summed E-state index contributed by atoms with van der Waals surface area (Å²) in [6, 6.07) is 5.78. The molecule has 1 aromatic rings. The zero-order valence-electron chi connectivity index (χ0n) is 6.71. The molecule has 0 saturated heterocycles. The Morgan fingerprint density at radius 3 is 2.46 bits per heavy atom. The van der Waals surface area contributed by atoms with Crippen molar-refractivity contribution in [1.82, 2.24) is 0 Å². The van der Waals surface area contributed by atoms with Gasteiger partial charge in [-0.1, -0.05) is 28.1 Å². The molecule has 0 aliphatic heterocycles. The average molecular weight is 247 g/mol. The first-order chi connectivity index (χ1) is 6.09. The molecule has 2 nitrogen and oxygen atoms in total. The van der Waals surface area contributed by atoms with Crippen molar-refractivity contribution >= 4 is 21.9 Å². The molecular weight excluding hydrogens is 239 g/mol. The molecule has 0 aliphatic carbocycles. The van der Waals surface area contributed by atoms with Gasteiger partial charge in [0.2, 0.25) is 0 Å². The summed E-state index contributed by atoms with van der Waals surface area (Å²) < 4.78 is 12.5. The molecule has 0 radical (unpaired) electrons. The Kier molecular flexibility index (Phi) is 3.42. The van der Waals surface area contributed by atoms with Crippen LogP contribution in [0.3, 0.4) is 0 Å². The number of hydrogen-bond acceptors (Lipinski definition) is 1. The average Bonchev–Trinajstić information content (AvgIpc) is 2.08. The van der Waals surface area contributed by atoms with Crippen LogP contribution in [0.15, 0.2) is 24.3 Å². The van der Waals surface area contributed by atoms with E-state index in [0.29, 0.717) is 6.42 Å². The van der Waals surface area contributed by atoms with Crippen LogP contribution in [-0.2, 0) is 11.2 Å². The second-order valence-corrected chi connectivity index (χ2v) is 3.74. The van der Waals surface area contributed by atoms with Crippen LogP contribution < -0.4 is 0 Å². The van der Waals surface area contributed by atoms with Gasteiger partial charge in [-0.05, 0) is 24.1 Å². The molecule has 1 aromatic carbocycles. The lowest BCUT2D eigenvalue weighted by Crippen LogP contribution is -2.15. The number of rotatable bonds is 3. The first-order valence-electron chi connectivity index (χ1n) is 3.71. The van der Waals surface area contributed by atoms with Crippen molar-refractivity contribution in [2.24, 2.45) is 0 Å². The van der Waals surface area contributed by atoms with Gasteiger partial charge in [0.1, 0.15) is 10.6 Å². The van der Waals surface area contributed by atoms with E-state index in [-0.39, 0.29) is 5.82 Å². The van der Waals surface area contributed by atoms with Crippen LogP contribution >= 0.6 is 15.9 Å². The molecule has 70 valence electrons. The molecule has 0 heterocycles. The maximum Gasteiger partial charge on any atom is 0.317 e. The predicted octanol–water partition coefficient (Wildman–Crippen LogP) is 2.22. The van der Waals surface area contributed by atoms with Crippen LogP contribution in [0.2, 0.25) is 0 Å². The zero-order valence-corrected chi connectivity index (χ0v) is 8.29. The topological polar surface area (TPSA) is 37.3 Å². The van der Waals surface area contributed by atoms with Gasteiger partial charge in [0, 0.05) is 0 Å². The minimum Gasteiger partial charge on any atom is -0.480 e. The number of aliphatic carboxylic acids is 1. The van der Waals surface area contributed by atoms with E-state index in [4.69, 9.17) is 5.11 Å². The molecule has 0 amide bonds. The molecule has 13 heavy (non-hydrogen) atoms. The smallest absolute Gasteiger partial charge is 0.317 e. The largest absolute Gasteiger partial charge is 0.480 e. The van der Waals surface area contributed by atoms with Crippen molar-refractivity contribution in [2.45, 2.75) is 11.2 Å². The lowest BCUT2D eigenvalue weighted by Gasteiger charge is -2.03. The Balaban J connectivity index is 2.64. The summed E-state index contributed by atoms with van der Waals surface area (Å²) in [6.07, 6.45) is 0.357. The number of halogens is 2. The Hall–Kier alpha value is -0.900. The number of carbonyl (C=O) groups is 1. The molecule has 0 fully saturated rings. The van der Waals surface area contributed by atoms with Gasteiger partial charge in [-0.3, -0.25) is 4.79 Å². The first-order valence-corrected chi connectivity index (χ1v) is 4.62. The molecule has 1 atom stereocenters. The predicted molar refractivity (Wildman–Crippen MR) is 50.5 cm³/mol. The van der Waals surface area contributed by atoms with Crippen LogP contribution in [0.1, 0.15) is 5.56 Å². The maximum atomic E-state index is 12.5. The molecule has 0 unspecified atom stereocenters. The summed E-state index contributed by atoms with van der Waals surface area (Å²) in [4.78, 5) is 9.84. The highest BCUT2D eigenvalue weighted by molar-refractivity contribution is 9.10. The minimum absolute atomic E-state index is 0.315. The summed E-state index contributed by atoms with van der Waals surface area (Å²) in [5.41, 5.74) is 0.797. The third kappa shape index (κ3) is 3.14. The highest BCUT2D eigenvalue weighted by Crippen LogP contribution is 2.10. The Morgan fingerprint density at radius 2 is 2.00 bits per heavy atom. The molecule has 1 rings (SSSR count). The number of alkyl halides is 1. The van der Waals surface area contributed by atoms with Crippen molar-refractivity contribution in [2.75, 3.05) is 0 Å². The molecule has 1 N–H and O–H groups in total. The Morgan fingerprint density at radius 1 is 1.46 bits per heavy atom. The summed E-state index contributed by atoms with van der Waals surface area (Å²) in [7, 11) is 0. The first kappa shape index (κ1) is 10.2. The monoisotopic (exact) mass is 246 g/mol. The van der Waals surface area contributed by atoms with Crippen molar-refractivity contribution in [3.05, 3.63) is 35.6 Å². The van der Waals surface area contributed by atoms with Crippen molar-refractivity contribution in [3.8, 4) is 0 Å². The number of hydrogen-bond donors (Lipinski definition) is 1. The molecule has 0 aromatic heterocycles. The minimum atomic E-state index is -0.913. The van der Waals surface area contributed by atoms with Crippen LogP contribution in [0.4, 0.5) is 4.39 Å². The van der Waals surface area contributed by atoms with Crippen LogP contribution in [0.5, 0.6) is 0 Å². The summed E-state index contributed by atoms with van der Waals surface area (Å²) >= 11 is 3.00. The second-order valence-electron chi connectivity index (χ2n) is 2.64. The lowest BCUT2D eigenvalue weighted by atomic mass is 10.1. The molecule has 4 heteroatoms. The van der Waals surface area contributed by atoms with Crippen molar-refractivity contribution in [3.63, 3.8) is 0 Å². The van der Waals surface area contributed by atoms with E-state index in [2.05, 4.69) is 15.9 Å². The van der Waals surface area contributed by atoms with E-state index >= 15 is 0 Å². The van der Waals surface area contributed by atoms with Crippen LogP contribution in [0.25, 0.3) is 0 Å². The summed E-state index contributed by atoms with van der Waals surface area (Å²) in [5.74, 6) is -1.23. The fourth-order valence-electron chi connectivity index (χ4n) is 0.915. The normalized spacial score (nSPS) is 12.5. The standard InChI is InChI=1S/C9H8BrFO2/c10-8(9(12)13)5-6-1-3-7(11)4-2-6/h1-4,8H,5H2,(H,12,13)/t8-/m1/s1. The fraction of sp³-hybridized carbons (Fsp3) is 0.222. The van der Waals surface area contributed by atoms with Crippen LogP contribution in [0, 0.1) is 5.82 Å². The van der Waals surface area contributed by atoms with Crippen LogP contribution in [-0.4, -0.2) is 15.9 Å². The molecule has 0 spiro atoms. The Bertz CT molecular complexity index is 297. The molecule has 0 bridgehead atoms. The summed E-state index contributed by atoms with van der Waals surface area (Å²) in [6.45, 7) is 0. The number of carboxylic acids is 1. The van der Waals surface area contributed by atoms with E-state index in [1.165, 1.54) is 12.1 Å². The third-order valence-corrected chi connectivity index (χ3v) is 2.31. The van der Waals surface area contributed by atoms with E-state index in [9.17, 15) is 9.18 Å². The maximum absolute atomic E-state index is 12.5. The van der Waals surface area contributed by atoms with Gasteiger partial charge in [0.05, 0.1) is 0 Å². The van der Waals surface area contributed by atoms with E-state index in [1.807, 2.05) is 0 Å². The fourth-order valence-corrected chi connectivity index (χ4v) is 1.29. The summed E-state index contributed by atoms with van der Waals surface area (Å²) in [5, 5.41) is 8.58.